The average molecular weight is 209 g/mol. The van der Waals surface area contributed by atoms with Gasteiger partial charge in [0, 0.05) is 18.8 Å². The molecule has 0 aromatic carbocycles. The molecule has 0 aliphatic rings. The Labute approximate surface area is 91.1 Å². The first-order valence-electron chi connectivity index (χ1n) is 5.35. The van der Waals surface area contributed by atoms with Crippen LogP contribution in [0.25, 0.3) is 0 Å². The van der Waals surface area contributed by atoms with Crippen molar-refractivity contribution in [1.29, 1.82) is 0 Å². The fourth-order valence-corrected chi connectivity index (χ4v) is 1.32. The highest BCUT2D eigenvalue weighted by Gasteiger charge is 2.08. The van der Waals surface area contributed by atoms with Crippen LogP contribution in [-0.2, 0) is 0 Å². The molecule has 4 nitrogen and oxygen atoms in total. The van der Waals surface area contributed by atoms with E-state index < -0.39 is 0 Å². The SMILES string of the molecule is CCCC(C)Oc1nc(NC)ncc1C. The molecular formula is C11H19N3O. The van der Waals surface area contributed by atoms with Gasteiger partial charge in [-0.05, 0) is 20.3 Å². The fraction of sp³-hybridized carbons (Fsp3) is 0.636. The van der Waals surface area contributed by atoms with E-state index in [0.29, 0.717) is 11.8 Å². The predicted octanol–water partition coefficient (Wildman–Crippen LogP) is 2.39. The van der Waals surface area contributed by atoms with Crippen molar-refractivity contribution in [2.45, 2.75) is 39.7 Å². The minimum absolute atomic E-state index is 0.202. The van der Waals surface area contributed by atoms with Crippen LogP contribution in [0.4, 0.5) is 5.95 Å². The van der Waals surface area contributed by atoms with Crippen molar-refractivity contribution in [3.63, 3.8) is 0 Å². The molecule has 0 saturated carbocycles. The first-order valence-corrected chi connectivity index (χ1v) is 5.35. The van der Waals surface area contributed by atoms with Gasteiger partial charge >= 0.3 is 0 Å². The van der Waals surface area contributed by atoms with Crippen LogP contribution in [0.1, 0.15) is 32.3 Å². The quantitative estimate of drug-likeness (QED) is 0.809. The van der Waals surface area contributed by atoms with Crippen molar-refractivity contribution in [2.24, 2.45) is 0 Å². The van der Waals surface area contributed by atoms with Gasteiger partial charge in [0.25, 0.3) is 0 Å². The molecule has 0 bridgehead atoms. The summed E-state index contributed by atoms with van der Waals surface area (Å²) in [7, 11) is 1.80. The minimum atomic E-state index is 0.202. The standard InChI is InChI=1S/C11H19N3O/c1-5-6-9(3)15-10-8(2)7-13-11(12-4)14-10/h7,9H,5-6H2,1-4H3,(H,12,13,14). The van der Waals surface area contributed by atoms with Gasteiger partial charge in [-0.3, -0.25) is 0 Å². The number of aromatic nitrogens is 2. The molecular weight excluding hydrogens is 190 g/mol. The Bertz CT molecular complexity index is 315. The number of nitrogens with one attached hydrogen (secondary N) is 1. The Hall–Kier alpha value is -1.32. The Morgan fingerprint density at radius 1 is 1.53 bits per heavy atom. The van der Waals surface area contributed by atoms with Crippen molar-refractivity contribution in [3.05, 3.63) is 11.8 Å². The van der Waals surface area contributed by atoms with Crippen molar-refractivity contribution < 1.29 is 4.74 Å². The molecule has 15 heavy (non-hydrogen) atoms. The first-order chi connectivity index (χ1) is 7.17. The topological polar surface area (TPSA) is 47.0 Å². The molecule has 1 rings (SSSR count). The number of hydrogen-bond acceptors (Lipinski definition) is 4. The van der Waals surface area contributed by atoms with Crippen LogP contribution in [-0.4, -0.2) is 23.1 Å². The lowest BCUT2D eigenvalue weighted by atomic mass is 10.2. The van der Waals surface area contributed by atoms with Crippen LogP contribution in [0.5, 0.6) is 5.88 Å². The minimum Gasteiger partial charge on any atom is -0.474 e. The lowest BCUT2D eigenvalue weighted by Gasteiger charge is -2.14. The monoisotopic (exact) mass is 209 g/mol. The molecule has 0 spiro atoms. The van der Waals surface area contributed by atoms with E-state index in [1.807, 2.05) is 6.92 Å². The van der Waals surface area contributed by atoms with Crippen molar-refractivity contribution in [2.75, 3.05) is 12.4 Å². The molecule has 0 fully saturated rings. The highest BCUT2D eigenvalue weighted by atomic mass is 16.5. The van der Waals surface area contributed by atoms with Gasteiger partial charge in [0.15, 0.2) is 0 Å². The van der Waals surface area contributed by atoms with Crippen LogP contribution < -0.4 is 10.1 Å². The van der Waals surface area contributed by atoms with Crippen LogP contribution in [0.2, 0.25) is 0 Å². The number of rotatable bonds is 5. The lowest BCUT2D eigenvalue weighted by molar-refractivity contribution is 0.200. The van der Waals surface area contributed by atoms with E-state index in [4.69, 9.17) is 4.74 Å². The zero-order valence-electron chi connectivity index (χ0n) is 9.87. The van der Waals surface area contributed by atoms with Crippen LogP contribution in [0.3, 0.4) is 0 Å². The average Bonchev–Trinajstić information content (AvgIpc) is 2.21. The summed E-state index contributed by atoms with van der Waals surface area (Å²) in [6.45, 7) is 6.16. The van der Waals surface area contributed by atoms with E-state index in [9.17, 15) is 0 Å². The van der Waals surface area contributed by atoms with E-state index in [1.165, 1.54) is 0 Å². The Balaban J connectivity index is 2.74. The maximum Gasteiger partial charge on any atom is 0.225 e. The molecule has 1 heterocycles. The van der Waals surface area contributed by atoms with Crippen LogP contribution >= 0.6 is 0 Å². The van der Waals surface area contributed by atoms with Crippen LogP contribution in [0, 0.1) is 6.92 Å². The first kappa shape index (κ1) is 11.8. The Morgan fingerprint density at radius 3 is 2.87 bits per heavy atom. The number of anilines is 1. The normalized spacial score (nSPS) is 12.3. The molecule has 0 amide bonds. The number of ether oxygens (including phenoxy) is 1. The van der Waals surface area contributed by atoms with E-state index >= 15 is 0 Å². The molecule has 84 valence electrons. The zero-order valence-corrected chi connectivity index (χ0v) is 9.87. The van der Waals surface area contributed by atoms with E-state index in [1.54, 1.807) is 13.2 Å². The smallest absolute Gasteiger partial charge is 0.225 e. The maximum absolute atomic E-state index is 5.74. The summed E-state index contributed by atoms with van der Waals surface area (Å²) in [4.78, 5) is 8.38. The molecule has 1 N–H and O–H groups in total. The molecule has 0 aliphatic carbocycles. The molecule has 0 aliphatic heterocycles. The van der Waals surface area contributed by atoms with Gasteiger partial charge in [0.05, 0.1) is 6.10 Å². The summed E-state index contributed by atoms with van der Waals surface area (Å²) in [5.74, 6) is 1.27. The van der Waals surface area contributed by atoms with Gasteiger partial charge in [0.2, 0.25) is 11.8 Å². The van der Waals surface area contributed by atoms with Crippen molar-refractivity contribution in [1.82, 2.24) is 9.97 Å². The van der Waals surface area contributed by atoms with Gasteiger partial charge in [-0.1, -0.05) is 13.3 Å². The van der Waals surface area contributed by atoms with Crippen molar-refractivity contribution >= 4 is 5.95 Å². The van der Waals surface area contributed by atoms with E-state index in [2.05, 4.69) is 29.1 Å². The maximum atomic E-state index is 5.74. The largest absolute Gasteiger partial charge is 0.474 e. The second kappa shape index (κ2) is 5.53. The zero-order chi connectivity index (χ0) is 11.3. The summed E-state index contributed by atoms with van der Waals surface area (Å²) >= 11 is 0. The van der Waals surface area contributed by atoms with E-state index in [-0.39, 0.29) is 6.10 Å². The van der Waals surface area contributed by atoms with E-state index in [0.717, 1.165) is 18.4 Å². The molecule has 1 atom stereocenters. The van der Waals surface area contributed by atoms with Crippen LogP contribution in [0.15, 0.2) is 6.20 Å². The third-order valence-electron chi connectivity index (χ3n) is 2.16. The van der Waals surface area contributed by atoms with Crippen molar-refractivity contribution in [3.8, 4) is 5.88 Å². The highest BCUT2D eigenvalue weighted by Crippen LogP contribution is 2.17. The molecule has 1 unspecified atom stereocenters. The van der Waals surface area contributed by atoms with Gasteiger partial charge in [-0.2, -0.15) is 4.98 Å². The summed E-state index contributed by atoms with van der Waals surface area (Å²) in [6, 6.07) is 0. The second-order valence-corrected chi connectivity index (χ2v) is 3.65. The van der Waals surface area contributed by atoms with Gasteiger partial charge in [-0.25, -0.2) is 4.98 Å². The summed E-state index contributed by atoms with van der Waals surface area (Å²) < 4.78 is 5.74. The molecule has 0 saturated heterocycles. The molecule has 4 heteroatoms. The van der Waals surface area contributed by atoms with Gasteiger partial charge < -0.3 is 10.1 Å². The number of aryl methyl sites for hydroxylation is 1. The molecule has 1 aromatic heterocycles. The third-order valence-corrected chi connectivity index (χ3v) is 2.16. The summed E-state index contributed by atoms with van der Waals surface area (Å²) in [5, 5.41) is 2.90. The Morgan fingerprint density at radius 2 is 2.27 bits per heavy atom. The number of hydrogen-bond donors (Lipinski definition) is 1. The predicted molar refractivity (Wildman–Crippen MR) is 61.3 cm³/mol. The summed E-state index contributed by atoms with van der Waals surface area (Å²) in [6.07, 6.45) is 4.13. The van der Waals surface area contributed by atoms with Gasteiger partial charge in [0.1, 0.15) is 0 Å². The number of nitrogens with zero attached hydrogens (tertiary/aromatic N) is 2. The molecule has 1 aromatic rings. The Kier molecular flexibility index (Phi) is 4.34. The fourth-order valence-electron chi connectivity index (χ4n) is 1.32. The highest BCUT2D eigenvalue weighted by molar-refractivity contribution is 5.31. The second-order valence-electron chi connectivity index (χ2n) is 3.65. The summed E-state index contributed by atoms with van der Waals surface area (Å²) in [5.41, 5.74) is 0.969. The lowest BCUT2D eigenvalue weighted by Crippen LogP contribution is -2.13. The molecule has 0 radical (unpaired) electrons. The third kappa shape index (κ3) is 3.38. The van der Waals surface area contributed by atoms with Gasteiger partial charge in [-0.15, -0.1) is 0 Å².